The van der Waals surface area contributed by atoms with E-state index >= 15 is 0 Å². The molecule has 152 valence electrons. The van der Waals surface area contributed by atoms with Crippen LogP contribution in [0.2, 0.25) is 0 Å². The van der Waals surface area contributed by atoms with Crippen LogP contribution >= 0.6 is 0 Å². The molecule has 2 aliphatic heterocycles. The van der Waals surface area contributed by atoms with Crippen LogP contribution in [0.3, 0.4) is 0 Å². The Balaban J connectivity index is 1.34. The van der Waals surface area contributed by atoms with E-state index in [9.17, 15) is 0 Å². The van der Waals surface area contributed by atoms with E-state index in [2.05, 4.69) is 42.3 Å². The van der Waals surface area contributed by atoms with Crippen molar-refractivity contribution in [3.05, 3.63) is 18.7 Å². The molecular formula is C19H30N8O. The van der Waals surface area contributed by atoms with E-state index in [0.717, 1.165) is 69.7 Å². The van der Waals surface area contributed by atoms with Crippen LogP contribution in [-0.2, 0) is 4.74 Å². The zero-order valence-corrected chi connectivity index (χ0v) is 16.8. The van der Waals surface area contributed by atoms with Crippen molar-refractivity contribution in [2.75, 3.05) is 58.4 Å². The molecule has 0 saturated carbocycles. The van der Waals surface area contributed by atoms with Crippen molar-refractivity contribution in [2.45, 2.75) is 19.3 Å². The molecule has 0 radical (unpaired) electrons. The Kier molecular flexibility index (Phi) is 5.90. The summed E-state index contributed by atoms with van der Waals surface area (Å²) in [5, 5.41) is 11.8. The SMILES string of the molecule is CN=C(NCC1CCCN(c2nccn3cnnc23)C1)N(C)CC1CCOC1. The Morgan fingerprint density at radius 3 is 3.14 bits per heavy atom. The van der Waals surface area contributed by atoms with Gasteiger partial charge in [0.25, 0.3) is 0 Å². The molecule has 4 heterocycles. The molecule has 9 heteroatoms. The minimum absolute atomic E-state index is 0.540. The summed E-state index contributed by atoms with van der Waals surface area (Å²) < 4.78 is 7.42. The maximum absolute atomic E-state index is 5.50. The molecule has 28 heavy (non-hydrogen) atoms. The molecule has 0 spiro atoms. The number of anilines is 1. The summed E-state index contributed by atoms with van der Waals surface area (Å²) in [5.41, 5.74) is 0.824. The third-order valence-electron chi connectivity index (χ3n) is 5.69. The van der Waals surface area contributed by atoms with E-state index in [1.165, 1.54) is 6.42 Å². The molecule has 2 aliphatic rings. The highest BCUT2D eigenvalue weighted by atomic mass is 16.5. The highest BCUT2D eigenvalue weighted by Crippen LogP contribution is 2.23. The minimum Gasteiger partial charge on any atom is -0.381 e. The van der Waals surface area contributed by atoms with Crippen molar-refractivity contribution in [1.29, 1.82) is 0 Å². The van der Waals surface area contributed by atoms with Gasteiger partial charge in [0.1, 0.15) is 6.33 Å². The quantitative estimate of drug-likeness (QED) is 0.603. The topological polar surface area (TPSA) is 83.2 Å². The number of guanidine groups is 1. The van der Waals surface area contributed by atoms with Crippen LogP contribution in [0.5, 0.6) is 0 Å². The third kappa shape index (κ3) is 4.19. The van der Waals surface area contributed by atoms with Gasteiger partial charge in [0, 0.05) is 65.2 Å². The Morgan fingerprint density at radius 1 is 1.39 bits per heavy atom. The third-order valence-corrected chi connectivity index (χ3v) is 5.69. The second-order valence-electron chi connectivity index (χ2n) is 7.81. The number of nitrogens with zero attached hydrogens (tertiary/aromatic N) is 7. The first-order chi connectivity index (χ1) is 13.7. The van der Waals surface area contributed by atoms with E-state index in [1.807, 2.05) is 23.8 Å². The van der Waals surface area contributed by atoms with Crippen molar-refractivity contribution in [2.24, 2.45) is 16.8 Å². The second-order valence-corrected chi connectivity index (χ2v) is 7.81. The lowest BCUT2D eigenvalue weighted by atomic mass is 9.98. The molecule has 2 aromatic heterocycles. The molecule has 2 fully saturated rings. The summed E-state index contributed by atoms with van der Waals surface area (Å²) in [5.74, 6) is 3.02. The maximum Gasteiger partial charge on any atom is 0.203 e. The van der Waals surface area contributed by atoms with Crippen LogP contribution in [0.4, 0.5) is 5.82 Å². The average Bonchev–Trinajstić information content (AvgIpc) is 3.40. The highest BCUT2D eigenvalue weighted by Gasteiger charge is 2.24. The number of aliphatic imine (C=N–C) groups is 1. The van der Waals surface area contributed by atoms with Gasteiger partial charge < -0.3 is 19.9 Å². The van der Waals surface area contributed by atoms with Crippen LogP contribution in [0.1, 0.15) is 19.3 Å². The summed E-state index contributed by atoms with van der Waals surface area (Å²) >= 11 is 0. The highest BCUT2D eigenvalue weighted by molar-refractivity contribution is 5.79. The van der Waals surface area contributed by atoms with Crippen molar-refractivity contribution in [1.82, 2.24) is 29.8 Å². The van der Waals surface area contributed by atoms with Gasteiger partial charge in [-0.3, -0.25) is 9.39 Å². The summed E-state index contributed by atoms with van der Waals surface area (Å²) in [7, 11) is 3.96. The largest absolute Gasteiger partial charge is 0.381 e. The first-order valence-corrected chi connectivity index (χ1v) is 10.1. The number of rotatable bonds is 5. The fourth-order valence-corrected chi connectivity index (χ4v) is 4.21. The Morgan fingerprint density at radius 2 is 2.32 bits per heavy atom. The summed E-state index contributed by atoms with van der Waals surface area (Å²) in [6.07, 6.45) is 8.92. The summed E-state index contributed by atoms with van der Waals surface area (Å²) in [6, 6.07) is 0. The van der Waals surface area contributed by atoms with Crippen molar-refractivity contribution in [3.8, 4) is 0 Å². The predicted octanol–water partition coefficient (Wildman–Crippen LogP) is 0.884. The molecular weight excluding hydrogens is 356 g/mol. The lowest BCUT2D eigenvalue weighted by molar-refractivity contribution is 0.181. The van der Waals surface area contributed by atoms with Crippen LogP contribution in [0.15, 0.2) is 23.7 Å². The van der Waals surface area contributed by atoms with E-state index in [1.54, 1.807) is 6.33 Å². The first-order valence-electron chi connectivity index (χ1n) is 10.1. The van der Waals surface area contributed by atoms with Gasteiger partial charge in [0.15, 0.2) is 11.8 Å². The van der Waals surface area contributed by atoms with Gasteiger partial charge in [-0.2, -0.15) is 0 Å². The average molecular weight is 387 g/mol. The summed E-state index contributed by atoms with van der Waals surface area (Å²) in [4.78, 5) is 13.6. The van der Waals surface area contributed by atoms with Gasteiger partial charge in [-0.05, 0) is 25.2 Å². The Labute approximate surface area is 165 Å². The zero-order chi connectivity index (χ0) is 19.3. The molecule has 1 N–H and O–H groups in total. The van der Waals surface area contributed by atoms with E-state index < -0.39 is 0 Å². The van der Waals surface area contributed by atoms with Crippen LogP contribution in [-0.4, -0.2) is 83.9 Å². The number of piperidine rings is 1. The number of nitrogens with one attached hydrogen (secondary N) is 1. The van der Waals surface area contributed by atoms with Crippen LogP contribution < -0.4 is 10.2 Å². The van der Waals surface area contributed by atoms with Crippen molar-refractivity contribution >= 4 is 17.4 Å². The summed E-state index contributed by atoms with van der Waals surface area (Å²) in [6.45, 7) is 5.60. The first kappa shape index (κ1) is 18.9. The molecule has 0 aromatic carbocycles. The molecule has 0 bridgehead atoms. The zero-order valence-electron chi connectivity index (χ0n) is 16.8. The monoisotopic (exact) mass is 386 g/mol. The van der Waals surface area contributed by atoms with Gasteiger partial charge >= 0.3 is 0 Å². The maximum atomic E-state index is 5.50. The van der Waals surface area contributed by atoms with Crippen molar-refractivity contribution in [3.63, 3.8) is 0 Å². The Bertz CT molecular complexity index is 800. The molecule has 9 nitrogen and oxygen atoms in total. The lowest BCUT2D eigenvalue weighted by Crippen LogP contribution is -2.46. The normalized spacial score (nSPS) is 23.4. The van der Waals surface area contributed by atoms with E-state index in [4.69, 9.17) is 4.74 Å². The number of fused-ring (bicyclic) bond motifs is 1. The molecule has 0 aliphatic carbocycles. The molecule has 2 atom stereocenters. The number of hydrogen-bond donors (Lipinski definition) is 1. The van der Waals surface area contributed by atoms with Crippen LogP contribution in [0, 0.1) is 11.8 Å². The van der Waals surface area contributed by atoms with Gasteiger partial charge in [-0.15, -0.1) is 10.2 Å². The molecule has 2 saturated heterocycles. The molecule has 0 amide bonds. The minimum atomic E-state index is 0.540. The number of ether oxygens (including phenoxy) is 1. The van der Waals surface area contributed by atoms with Gasteiger partial charge in [0.2, 0.25) is 5.65 Å². The van der Waals surface area contributed by atoms with Gasteiger partial charge in [-0.1, -0.05) is 0 Å². The lowest BCUT2D eigenvalue weighted by Gasteiger charge is -2.34. The number of hydrogen-bond acceptors (Lipinski definition) is 6. The predicted molar refractivity (Wildman–Crippen MR) is 109 cm³/mol. The van der Waals surface area contributed by atoms with Crippen LogP contribution in [0.25, 0.3) is 5.65 Å². The molecule has 2 aromatic rings. The van der Waals surface area contributed by atoms with E-state index in [-0.39, 0.29) is 0 Å². The fourth-order valence-electron chi connectivity index (χ4n) is 4.21. The smallest absolute Gasteiger partial charge is 0.203 e. The van der Waals surface area contributed by atoms with E-state index in [0.29, 0.717) is 11.8 Å². The van der Waals surface area contributed by atoms with Crippen molar-refractivity contribution < 1.29 is 4.74 Å². The van der Waals surface area contributed by atoms with Gasteiger partial charge in [0.05, 0.1) is 6.61 Å². The second kappa shape index (κ2) is 8.72. The van der Waals surface area contributed by atoms with Gasteiger partial charge in [-0.25, -0.2) is 4.98 Å². The molecule has 4 rings (SSSR count). The molecule has 2 unspecified atom stereocenters. The number of aromatic nitrogens is 4. The Hall–Kier alpha value is -2.42. The fraction of sp³-hybridized carbons (Fsp3) is 0.684. The standard InChI is InChI=1S/C19H30N8O/c1-20-19(25(2)11-16-5-9-28-13-16)22-10-15-4-3-7-26(12-15)17-18-24-23-14-27(18)8-6-21-17/h6,8,14-16H,3-5,7,9-13H2,1-2H3,(H,20,22).